The zero-order chi connectivity index (χ0) is 18.6. The van der Waals surface area contributed by atoms with Gasteiger partial charge in [-0.05, 0) is 44.5 Å². The van der Waals surface area contributed by atoms with Crippen LogP contribution in [0.5, 0.6) is 0 Å². The number of piperidine rings is 1. The van der Waals surface area contributed by atoms with Crippen molar-refractivity contribution in [3.8, 4) is 0 Å². The molecule has 0 bridgehead atoms. The SMILES string of the molecule is C.CN1CCN(c2ccc(NC(=O)c3ncc[nH]3)c(N3CCCCC3)c2)CC1. The third-order valence-corrected chi connectivity index (χ3v) is 5.51. The van der Waals surface area contributed by atoms with Gasteiger partial charge in [0.1, 0.15) is 0 Å². The number of aromatic amines is 1. The summed E-state index contributed by atoms with van der Waals surface area (Å²) < 4.78 is 0. The number of likely N-dealkylation sites (N-methyl/N-ethyl adjacent to an activating group) is 1. The average molecular weight is 385 g/mol. The van der Waals surface area contributed by atoms with E-state index in [9.17, 15) is 4.79 Å². The zero-order valence-electron chi connectivity index (χ0n) is 15.9. The summed E-state index contributed by atoms with van der Waals surface area (Å²) in [5.41, 5.74) is 3.21. The molecule has 2 saturated heterocycles. The normalized spacial score (nSPS) is 17.9. The van der Waals surface area contributed by atoms with Crippen LogP contribution in [0.1, 0.15) is 37.3 Å². The molecule has 0 aliphatic carbocycles. The Kier molecular flexibility index (Phi) is 6.57. The summed E-state index contributed by atoms with van der Waals surface area (Å²) in [5.74, 6) is 0.133. The molecule has 2 fully saturated rings. The van der Waals surface area contributed by atoms with Crippen molar-refractivity contribution >= 4 is 23.0 Å². The number of hydrogen-bond donors (Lipinski definition) is 2. The van der Waals surface area contributed by atoms with Crippen molar-refractivity contribution in [3.05, 3.63) is 36.4 Å². The molecule has 1 amide bonds. The monoisotopic (exact) mass is 384 g/mol. The van der Waals surface area contributed by atoms with Crippen LogP contribution < -0.4 is 15.1 Å². The molecule has 2 aliphatic heterocycles. The van der Waals surface area contributed by atoms with Crippen molar-refractivity contribution in [1.29, 1.82) is 0 Å². The zero-order valence-corrected chi connectivity index (χ0v) is 15.9. The van der Waals surface area contributed by atoms with Crippen LogP contribution >= 0.6 is 0 Å². The topological polar surface area (TPSA) is 67.5 Å². The molecule has 0 unspecified atom stereocenters. The van der Waals surface area contributed by atoms with Gasteiger partial charge in [0, 0.05) is 57.3 Å². The summed E-state index contributed by atoms with van der Waals surface area (Å²) >= 11 is 0. The molecule has 7 heteroatoms. The number of nitrogens with zero attached hydrogens (tertiary/aromatic N) is 4. The summed E-state index contributed by atoms with van der Waals surface area (Å²) in [6, 6.07) is 6.41. The van der Waals surface area contributed by atoms with Crippen LogP contribution in [0.25, 0.3) is 0 Å². The smallest absolute Gasteiger partial charge is 0.291 e. The van der Waals surface area contributed by atoms with E-state index in [1.54, 1.807) is 12.4 Å². The number of hydrogen-bond acceptors (Lipinski definition) is 5. The van der Waals surface area contributed by atoms with Gasteiger partial charge in [-0.2, -0.15) is 0 Å². The molecule has 28 heavy (non-hydrogen) atoms. The molecule has 3 heterocycles. The Hall–Kier alpha value is -2.54. The van der Waals surface area contributed by atoms with Gasteiger partial charge in [0.2, 0.25) is 0 Å². The Morgan fingerprint density at radius 1 is 1.04 bits per heavy atom. The molecule has 1 aromatic carbocycles. The molecule has 1 aromatic heterocycles. The van der Waals surface area contributed by atoms with Crippen molar-refractivity contribution in [2.24, 2.45) is 0 Å². The van der Waals surface area contributed by atoms with Gasteiger partial charge >= 0.3 is 0 Å². The molecule has 2 N–H and O–H groups in total. The van der Waals surface area contributed by atoms with Crippen molar-refractivity contribution in [3.63, 3.8) is 0 Å². The number of imidazole rings is 1. The number of carbonyl (C=O) groups is 1. The van der Waals surface area contributed by atoms with E-state index in [1.165, 1.54) is 24.9 Å². The first-order valence-corrected chi connectivity index (χ1v) is 9.84. The first-order chi connectivity index (χ1) is 13.2. The maximum Gasteiger partial charge on any atom is 0.291 e. The summed E-state index contributed by atoms with van der Waals surface area (Å²) in [7, 11) is 2.17. The lowest BCUT2D eigenvalue weighted by Gasteiger charge is -2.36. The highest BCUT2D eigenvalue weighted by atomic mass is 16.2. The van der Waals surface area contributed by atoms with Crippen molar-refractivity contribution in [2.45, 2.75) is 26.7 Å². The standard InChI is InChI=1S/C20H28N6O.CH4/c1-24-11-13-25(14-12-24)16-5-6-17(23-20(27)19-21-7-8-22-19)18(15-16)26-9-3-2-4-10-26;/h5-8,15H,2-4,9-14H2,1H3,(H,21,22)(H,23,27);1H4. The maximum atomic E-state index is 12.5. The molecule has 0 saturated carbocycles. The lowest BCUT2D eigenvalue weighted by atomic mass is 10.1. The number of anilines is 3. The van der Waals surface area contributed by atoms with Gasteiger partial charge in [-0.25, -0.2) is 4.98 Å². The number of piperazine rings is 1. The van der Waals surface area contributed by atoms with Gasteiger partial charge < -0.3 is 25.0 Å². The lowest BCUT2D eigenvalue weighted by Crippen LogP contribution is -2.44. The average Bonchev–Trinajstić information content (AvgIpc) is 3.25. The second kappa shape index (κ2) is 9.10. The Morgan fingerprint density at radius 2 is 1.79 bits per heavy atom. The summed E-state index contributed by atoms with van der Waals surface area (Å²) in [6.45, 7) is 6.31. The first-order valence-electron chi connectivity index (χ1n) is 9.84. The van der Waals surface area contributed by atoms with Crippen LogP contribution in [0.3, 0.4) is 0 Å². The first kappa shape index (κ1) is 20.2. The Bertz CT molecular complexity index is 761. The van der Waals surface area contributed by atoms with Crippen LogP contribution in [-0.4, -0.2) is 67.1 Å². The number of rotatable bonds is 4. The summed E-state index contributed by atoms with van der Waals surface area (Å²) in [4.78, 5) is 26.6. The van der Waals surface area contributed by atoms with Gasteiger partial charge in [-0.15, -0.1) is 0 Å². The van der Waals surface area contributed by atoms with E-state index in [2.05, 4.69) is 49.2 Å². The van der Waals surface area contributed by atoms with Crippen LogP contribution in [-0.2, 0) is 0 Å². The molecular weight excluding hydrogens is 352 g/mol. The summed E-state index contributed by atoms with van der Waals surface area (Å²) in [6.07, 6.45) is 6.94. The van der Waals surface area contributed by atoms with E-state index < -0.39 is 0 Å². The Labute approximate surface area is 167 Å². The number of carbonyl (C=O) groups excluding carboxylic acids is 1. The van der Waals surface area contributed by atoms with E-state index >= 15 is 0 Å². The maximum absolute atomic E-state index is 12.5. The molecule has 2 aromatic rings. The van der Waals surface area contributed by atoms with Crippen LogP contribution in [0, 0.1) is 0 Å². The molecule has 2 aliphatic rings. The molecule has 0 spiro atoms. The molecule has 4 rings (SSSR count). The number of nitrogens with one attached hydrogen (secondary N) is 2. The fraction of sp³-hybridized carbons (Fsp3) is 0.524. The Morgan fingerprint density at radius 3 is 2.46 bits per heavy atom. The lowest BCUT2D eigenvalue weighted by molar-refractivity contribution is 0.101. The number of H-pyrrole nitrogens is 1. The van der Waals surface area contributed by atoms with E-state index in [4.69, 9.17) is 0 Å². The third-order valence-electron chi connectivity index (χ3n) is 5.51. The van der Waals surface area contributed by atoms with Crippen LogP contribution in [0.2, 0.25) is 0 Å². The molecular formula is C21H32N6O. The van der Waals surface area contributed by atoms with E-state index in [-0.39, 0.29) is 13.3 Å². The predicted octanol–water partition coefficient (Wildman–Crippen LogP) is 3.04. The van der Waals surface area contributed by atoms with Gasteiger partial charge in [-0.1, -0.05) is 7.43 Å². The minimum atomic E-state index is -0.203. The van der Waals surface area contributed by atoms with E-state index in [1.807, 2.05) is 6.07 Å². The highest BCUT2D eigenvalue weighted by Crippen LogP contribution is 2.33. The number of amides is 1. The van der Waals surface area contributed by atoms with E-state index in [0.717, 1.165) is 50.6 Å². The van der Waals surface area contributed by atoms with Gasteiger partial charge in [0.15, 0.2) is 5.82 Å². The van der Waals surface area contributed by atoms with Crippen molar-refractivity contribution in [2.75, 3.05) is 61.4 Å². The highest BCUT2D eigenvalue weighted by molar-refractivity contribution is 6.03. The van der Waals surface area contributed by atoms with E-state index in [0.29, 0.717) is 5.82 Å². The third kappa shape index (κ3) is 4.47. The quantitative estimate of drug-likeness (QED) is 0.848. The molecule has 152 valence electrons. The van der Waals surface area contributed by atoms with Crippen LogP contribution in [0.15, 0.2) is 30.6 Å². The Balaban J connectivity index is 0.00000225. The van der Waals surface area contributed by atoms with Crippen molar-refractivity contribution < 1.29 is 4.79 Å². The number of aromatic nitrogens is 2. The predicted molar refractivity (Wildman–Crippen MR) is 115 cm³/mol. The van der Waals surface area contributed by atoms with Gasteiger partial charge in [-0.3, -0.25) is 4.79 Å². The minimum absolute atomic E-state index is 0. The van der Waals surface area contributed by atoms with Gasteiger partial charge in [0.05, 0.1) is 11.4 Å². The van der Waals surface area contributed by atoms with Crippen LogP contribution in [0.4, 0.5) is 17.1 Å². The molecule has 7 nitrogen and oxygen atoms in total. The van der Waals surface area contributed by atoms with Crippen molar-refractivity contribution in [1.82, 2.24) is 14.9 Å². The summed E-state index contributed by atoms with van der Waals surface area (Å²) in [5, 5.41) is 3.05. The second-order valence-electron chi connectivity index (χ2n) is 7.43. The number of benzene rings is 1. The minimum Gasteiger partial charge on any atom is -0.370 e. The fourth-order valence-corrected chi connectivity index (χ4v) is 3.85. The van der Waals surface area contributed by atoms with Gasteiger partial charge in [0.25, 0.3) is 5.91 Å². The largest absolute Gasteiger partial charge is 0.370 e. The molecule has 0 atom stereocenters. The highest BCUT2D eigenvalue weighted by Gasteiger charge is 2.20. The fourth-order valence-electron chi connectivity index (χ4n) is 3.85. The second-order valence-corrected chi connectivity index (χ2v) is 7.43. The molecule has 0 radical (unpaired) electrons.